The fourth-order valence-corrected chi connectivity index (χ4v) is 3.29. The Labute approximate surface area is 195 Å². The molecule has 0 radical (unpaired) electrons. The molecule has 1 atom stereocenters. The Bertz CT molecular complexity index is 968. The molecule has 0 unspecified atom stereocenters. The first kappa shape index (κ1) is 25.7. The number of methoxy groups -OCH3 is 2. The first-order chi connectivity index (χ1) is 15.7. The van der Waals surface area contributed by atoms with Gasteiger partial charge in [0, 0.05) is 5.56 Å². The van der Waals surface area contributed by atoms with Gasteiger partial charge in [0.1, 0.15) is 23.3 Å². The fourth-order valence-electron chi connectivity index (χ4n) is 3.29. The van der Waals surface area contributed by atoms with Crippen molar-refractivity contribution in [2.45, 2.75) is 40.2 Å². The number of amides is 2. The molecule has 0 saturated heterocycles. The number of para-hydroxylation sites is 1. The number of benzene rings is 2. The molecule has 0 aliphatic heterocycles. The molecule has 2 rings (SSSR count). The summed E-state index contributed by atoms with van der Waals surface area (Å²) in [5, 5.41) is 6.79. The smallest absolute Gasteiger partial charge is 0.262 e. The van der Waals surface area contributed by atoms with Gasteiger partial charge >= 0.3 is 0 Å². The Hall–Kier alpha value is -3.55. The molecule has 0 fully saturated rings. The van der Waals surface area contributed by atoms with Crippen LogP contribution in [0.25, 0.3) is 0 Å². The number of nitrogens with zero attached hydrogens (tertiary/aromatic N) is 1. The molecule has 0 aliphatic carbocycles. The number of nitrogens with one attached hydrogen (secondary N) is 2. The summed E-state index contributed by atoms with van der Waals surface area (Å²) in [7, 11) is 3.11. The van der Waals surface area contributed by atoms with Gasteiger partial charge in [-0.2, -0.15) is 5.10 Å². The zero-order valence-electron chi connectivity index (χ0n) is 20.1. The van der Waals surface area contributed by atoms with Gasteiger partial charge in [0.25, 0.3) is 11.8 Å². The molecule has 0 spiro atoms. The lowest BCUT2D eigenvalue weighted by atomic mass is 10.0. The maximum absolute atomic E-state index is 12.7. The molecule has 2 amide bonds. The van der Waals surface area contributed by atoms with Gasteiger partial charge in [-0.05, 0) is 55.5 Å². The molecule has 8 heteroatoms. The van der Waals surface area contributed by atoms with E-state index in [1.165, 1.54) is 6.21 Å². The monoisotopic (exact) mass is 455 g/mol. The minimum atomic E-state index is -0.747. The van der Waals surface area contributed by atoms with Crippen molar-refractivity contribution in [1.82, 2.24) is 10.7 Å². The highest BCUT2D eigenvalue weighted by atomic mass is 16.5. The van der Waals surface area contributed by atoms with Crippen LogP contribution in [0.2, 0.25) is 0 Å². The zero-order valence-corrected chi connectivity index (χ0v) is 20.1. The van der Waals surface area contributed by atoms with Crippen LogP contribution in [0.3, 0.4) is 0 Å². The van der Waals surface area contributed by atoms with Crippen molar-refractivity contribution in [1.29, 1.82) is 0 Å². The second-order valence-electron chi connectivity index (χ2n) is 8.10. The van der Waals surface area contributed by atoms with Crippen molar-refractivity contribution >= 4 is 18.0 Å². The minimum Gasteiger partial charge on any atom is -0.497 e. The van der Waals surface area contributed by atoms with Gasteiger partial charge in [0.15, 0.2) is 6.61 Å². The van der Waals surface area contributed by atoms with Crippen molar-refractivity contribution in [3.8, 4) is 17.2 Å². The SMILES string of the molecule is COc1ccc(OC)c(/C=N\NC(=O)[C@@H](CC(C)C)NC(=O)COc2c(C)cccc2C)c1. The largest absolute Gasteiger partial charge is 0.497 e. The Morgan fingerprint density at radius 1 is 1.06 bits per heavy atom. The average molecular weight is 456 g/mol. The molecular formula is C25H33N3O5. The number of hydrazone groups is 1. The van der Waals surface area contributed by atoms with Crippen molar-refractivity contribution in [2.75, 3.05) is 20.8 Å². The molecule has 0 aliphatic rings. The zero-order chi connectivity index (χ0) is 24.4. The van der Waals surface area contributed by atoms with E-state index in [9.17, 15) is 9.59 Å². The first-order valence-corrected chi connectivity index (χ1v) is 10.8. The number of carbonyl (C=O) groups is 2. The summed E-state index contributed by atoms with van der Waals surface area (Å²) in [6.07, 6.45) is 1.93. The topological polar surface area (TPSA) is 98.3 Å². The van der Waals surface area contributed by atoms with Crippen LogP contribution >= 0.6 is 0 Å². The van der Waals surface area contributed by atoms with E-state index in [0.29, 0.717) is 29.2 Å². The van der Waals surface area contributed by atoms with Gasteiger partial charge in [-0.1, -0.05) is 32.0 Å². The van der Waals surface area contributed by atoms with Gasteiger partial charge in [-0.15, -0.1) is 0 Å². The number of ether oxygens (including phenoxy) is 3. The second-order valence-corrected chi connectivity index (χ2v) is 8.10. The maximum atomic E-state index is 12.7. The molecule has 0 heterocycles. The van der Waals surface area contributed by atoms with Crippen molar-refractivity contribution < 1.29 is 23.8 Å². The lowest BCUT2D eigenvalue weighted by Crippen LogP contribution is -2.47. The third kappa shape index (κ3) is 7.82. The van der Waals surface area contributed by atoms with E-state index in [-0.39, 0.29) is 18.4 Å². The quantitative estimate of drug-likeness (QED) is 0.400. The van der Waals surface area contributed by atoms with E-state index in [4.69, 9.17) is 14.2 Å². The van der Waals surface area contributed by atoms with Crippen LogP contribution in [-0.4, -0.2) is 44.9 Å². The van der Waals surface area contributed by atoms with E-state index in [0.717, 1.165) is 11.1 Å². The van der Waals surface area contributed by atoms with E-state index >= 15 is 0 Å². The molecule has 0 bridgehead atoms. The van der Waals surface area contributed by atoms with Crippen LogP contribution in [-0.2, 0) is 9.59 Å². The summed E-state index contributed by atoms with van der Waals surface area (Å²) in [6.45, 7) is 7.61. The van der Waals surface area contributed by atoms with Crippen LogP contribution in [0.5, 0.6) is 17.2 Å². The minimum absolute atomic E-state index is 0.183. The number of hydrogen-bond donors (Lipinski definition) is 2. The lowest BCUT2D eigenvalue weighted by molar-refractivity contribution is -0.130. The molecule has 0 aromatic heterocycles. The Balaban J connectivity index is 2.01. The molecule has 8 nitrogen and oxygen atoms in total. The lowest BCUT2D eigenvalue weighted by Gasteiger charge is -2.19. The van der Waals surface area contributed by atoms with E-state index in [2.05, 4.69) is 15.8 Å². The number of aryl methyl sites for hydroxylation is 2. The van der Waals surface area contributed by atoms with Gasteiger partial charge in [0.2, 0.25) is 0 Å². The number of rotatable bonds is 11. The summed E-state index contributed by atoms with van der Waals surface area (Å²) >= 11 is 0. The summed E-state index contributed by atoms with van der Waals surface area (Å²) in [5.41, 5.74) is 5.04. The fraction of sp³-hybridized carbons (Fsp3) is 0.400. The Kier molecular flexibility index (Phi) is 9.72. The summed E-state index contributed by atoms with van der Waals surface area (Å²) in [5.74, 6) is 1.29. The standard InChI is InChI=1S/C25H33N3O5/c1-16(2)12-21(27-23(29)15-33-24-17(3)8-7-9-18(24)4)25(30)28-26-14-19-13-20(31-5)10-11-22(19)32-6/h7-11,13-14,16,21H,12,15H2,1-6H3,(H,27,29)(H,28,30)/b26-14-/t21-/m1/s1. The third-order valence-corrected chi connectivity index (χ3v) is 4.93. The van der Waals surface area contributed by atoms with E-state index in [1.807, 2.05) is 45.9 Å². The molecule has 2 aromatic rings. The normalized spacial score (nSPS) is 11.8. The van der Waals surface area contributed by atoms with Gasteiger partial charge < -0.3 is 19.5 Å². The van der Waals surface area contributed by atoms with E-state index < -0.39 is 11.9 Å². The third-order valence-electron chi connectivity index (χ3n) is 4.93. The van der Waals surface area contributed by atoms with Crippen molar-refractivity contribution in [2.24, 2.45) is 11.0 Å². The molecule has 2 aromatic carbocycles. The Morgan fingerprint density at radius 2 is 1.76 bits per heavy atom. The highest BCUT2D eigenvalue weighted by Gasteiger charge is 2.22. The maximum Gasteiger partial charge on any atom is 0.262 e. The van der Waals surface area contributed by atoms with Crippen molar-refractivity contribution in [3.05, 3.63) is 53.1 Å². The van der Waals surface area contributed by atoms with Crippen LogP contribution in [0, 0.1) is 19.8 Å². The molecular weight excluding hydrogens is 422 g/mol. The van der Waals surface area contributed by atoms with Crippen LogP contribution in [0.1, 0.15) is 37.0 Å². The molecule has 0 saturated carbocycles. The number of hydrogen-bond acceptors (Lipinski definition) is 6. The van der Waals surface area contributed by atoms with Crippen LogP contribution in [0.4, 0.5) is 0 Å². The highest BCUT2D eigenvalue weighted by Crippen LogP contribution is 2.23. The summed E-state index contributed by atoms with van der Waals surface area (Å²) in [6, 6.07) is 10.3. The van der Waals surface area contributed by atoms with E-state index in [1.54, 1.807) is 32.4 Å². The second kappa shape index (κ2) is 12.5. The number of carbonyl (C=O) groups excluding carboxylic acids is 2. The van der Waals surface area contributed by atoms with Crippen molar-refractivity contribution in [3.63, 3.8) is 0 Å². The summed E-state index contributed by atoms with van der Waals surface area (Å²) in [4.78, 5) is 25.2. The average Bonchev–Trinajstić information content (AvgIpc) is 2.77. The molecule has 178 valence electrons. The van der Waals surface area contributed by atoms with Crippen LogP contribution in [0.15, 0.2) is 41.5 Å². The Morgan fingerprint density at radius 3 is 2.36 bits per heavy atom. The highest BCUT2D eigenvalue weighted by molar-refractivity contribution is 5.90. The molecule has 2 N–H and O–H groups in total. The van der Waals surface area contributed by atoms with Gasteiger partial charge in [-0.25, -0.2) is 5.43 Å². The van der Waals surface area contributed by atoms with Gasteiger partial charge in [-0.3, -0.25) is 9.59 Å². The van der Waals surface area contributed by atoms with Crippen LogP contribution < -0.4 is 25.0 Å². The van der Waals surface area contributed by atoms with Gasteiger partial charge in [0.05, 0.1) is 20.4 Å². The predicted octanol–water partition coefficient (Wildman–Crippen LogP) is 3.38. The molecule has 33 heavy (non-hydrogen) atoms. The summed E-state index contributed by atoms with van der Waals surface area (Å²) < 4.78 is 16.2. The first-order valence-electron chi connectivity index (χ1n) is 10.8. The predicted molar refractivity (Wildman–Crippen MR) is 128 cm³/mol.